The Morgan fingerprint density at radius 1 is 0.946 bits per heavy atom. The van der Waals surface area contributed by atoms with Gasteiger partial charge in [0, 0.05) is 62.0 Å². The van der Waals surface area contributed by atoms with Gasteiger partial charge >= 0.3 is 0 Å². The van der Waals surface area contributed by atoms with Crippen LogP contribution in [-0.2, 0) is 5.60 Å². The zero-order chi connectivity index (χ0) is 25.6. The van der Waals surface area contributed by atoms with Crippen molar-refractivity contribution in [3.05, 3.63) is 84.0 Å². The summed E-state index contributed by atoms with van der Waals surface area (Å²) in [5.41, 5.74) is 2.36. The van der Waals surface area contributed by atoms with E-state index in [1.165, 1.54) is 12.1 Å². The van der Waals surface area contributed by atoms with E-state index in [0.717, 1.165) is 41.4 Å². The lowest BCUT2D eigenvalue weighted by Gasteiger charge is -2.35. The van der Waals surface area contributed by atoms with Gasteiger partial charge in [-0.25, -0.2) is 23.9 Å². The summed E-state index contributed by atoms with van der Waals surface area (Å²) in [7, 11) is 0. The lowest BCUT2D eigenvalue weighted by atomic mass is 9.90. The Hall–Kier alpha value is -4.38. The summed E-state index contributed by atoms with van der Waals surface area (Å²) in [6.07, 6.45) is 6.73. The number of aryl methyl sites for hydroxylation is 1. The minimum Gasteiger partial charge on any atom is -0.381 e. The molecule has 37 heavy (non-hydrogen) atoms. The Labute approximate surface area is 212 Å². The number of benzene rings is 1. The number of piperazine rings is 1. The van der Waals surface area contributed by atoms with Crippen molar-refractivity contribution in [3.63, 3.8) is 0 Å². The maximum Gasteiger partial charge on any atom is 0.225 e. The van der Waals surface area contributed by atoms with Gasteiger partial charge in [-0.2, -0.15) is 5.10 Å². The SMILES string of the molecule is Cc1cc(-c2cc3c(N4CCN(c5ncc(C(C)(O)c6ccc(F)cc6)cn5)CC4)ncnn3c2)no1. The first-order valence-electron chi connectivity index (χ1n) is 12.0. The molecule has 1 unspecified atom stereocenters. The summed E-state index contributed by atoms with van der Waals surface area (Å²) < 4.78 is 20.3. The van der Waals surface area contributed by atoms with Gasteiger partial charge in [0.25, 0.3) is 0 Å². The van der Waals surface area contributed by atoms with E-state index < -0.39 is 5.60 Å². The molecule has 1 saturated heterocycles. The van der Waals surface area contributed by atoms with Crippen LogP contribution in [0.4, 0.5) is 16.2 Å². The van der Waals surface area contributed by atoms with Crippen LogP contribution < -0.4 is 9.80 Å². The molecule has 1 N–H and O–H groups in total. The number of anilines is 2. The highest BCUT2D eigenvalue weighted by Gasteiger charge is 2.28. The third kappa shape index (κ3) is 4.27. The molecule has 0 spiro atoms. The standard InChI is InChI=1S/C26H25FN8O2/c1-17-11-22(32-37-17)18-12-23-24(30-16-31-35(23)15-18)33-7-9-34(10-8-33)25-28-13-20(14-29-25)26(2,36)19-3-5-21(27)6-4-19/h3-6,11-16,36H,7-10H2,1-2H3. The first kappa shape index (κ1) is 23.0. The molecule has 0 saturated carbocycles. The van der Waals surface area contributed by atoms with Gasteiger partial charge in [-0.1, -0.05) is 17.3 Å². The van der Waals surface area contributed by atoms with E-state index in [9.17, 15) is 9.50 Å². The van der Waals surface area contributed by atoms with Crippen molar-refractivity contribution in [2.24, 2.45) is 0 Å². The molecule has 6 rings (SSSR count). The predicted octanol–water partition coefficient (Wildman–Crippen LogP) is 3.20. The summed E-state index contributed by atoms with van der Waals surface area (Å²) in [5, 5.41) is 19.5. The minimum absolute atomic E-state index is 0.351. The van der Waals surface area contributed by atoms with Crippen molar-refractivity contribution in [2.45, 2.75) is 19.4 Å². The normalized spacial score (nSPS) is 15.8. The summed E-state index contributed by atoms with van der Waals surface area (Å²) in [6.45, 7) is 6.39. The van der Waals surface area contributed by atoms with Crippen LogP contribution in [0.1, 0.15) is 23.8 Å². The van der Waals surface area contributed by atoms with Gasteiger partial charge in [-0.05, 0) is 37.6 Å². The van der Waals surface area contributed by atoms with E-state index in [2.05, 4.69) is 35.0 Å². The molecule has 1 fully saturated rings. The largest absolute Gasteiger partial charge is 0.381 e. The number of halogens is 1. The highest BCUT2D eigenvalue weighted by molar-refractivity contribution is 5.76. The highest BCUT2D eigenvalue weighted by Crippen LogP contribution is 2.30. The summed E-state index contributed by atoms with van der Waals surface area (Å²) in [4.78, 5) is 17.9. The van der Waals surface area contributed by atoms with E-state index in [4.69, 9.17) is 4.52 Å². The number of aliphatic hydroxyl groups is 1. The quantitative estimate of drug-likeness (QED) is 0.389. The fourth-order valence-electron chi connectivity index (χ4n) is 4.60. The molecule has 188 valence electrons. The van der Waals surface area contributed by atoms with Crippen LogP contribution in [0.15, 0.2) is 65.8 Å². The van der Waals surface area contributed by atoms with Crippen LogP contribution in [0.5, 0.6) is 0 Å². The summed E-state index contributed by atoms with van der Waals surface area (Å²) in [6, 6.07) is 9.70. The molecular weight excluding hydrogens is 475 g/mol. The molecule has 4 aromatic heterocycles. The molecule has 0 bridgehead atoms. The summed E-state index contributed by atoms with van der Waals surface area (Å²) in [5.74, 6) is 1.85. The first-order chi connectivity index (χ1) is 17.9. The molecule has 0 aliphatic carbocycles. The Balaban J connectivity index is 1.17. The van der Waals surface area contributed by atoms with Crippen LogP contribution in [-0.4, -0.2) is 61.0 Å². The fraction of sp³-hybridized carbons (Fsp3) is 0.269. The topological polar surface area (TPSA) is 109 Å². The van der Waals surface area contributed by atoms with E-state index in [0.29, 0.717) is 30.2 Å². The van der Waals surface area contributed by atoms with E-state index >= 15 is 0 Å². The molecule has 1 aliphatic heterocycles. The predicted molar refractivity (Wildman–Crippen MR) is 135 cm³/mol. The highest BCUT2D eigenvalue weighted by atomic mass is 19.1. The van der Waals surface area contributed by atoms with Gasteiger partial charge < -0.3 is 19.4 Å². The summed E-state index contributed by atoms with van der Waals surface area (Å²) >= 11 is 0. The van der Waals surface area contributed by atoms with Gasteiger partial charge in [0.15, 0.2) is 5.82 Å². The molecule has 1 aliphatic rings. The molecule has 10 nitrogen and oxygen atoms in total. The molecular formula is C26H25FN8O2. The van der Waals surface area contributed by atoms with Gasteiger partial charge in [-0.3, -0.25) is 0 Å². The Kier molecular flexibility index (Phi) is 5.56. The van der Waals surface area contributed by atoms with Gasteiger partial charge in [0.1, 0.15) is 34.7 Å². The van der Waals surface area contributed by atoms with E-state index in [1.807, 2.05) is 29.8 Å². The Morgan fingerprint density at radius 3 is 2.32 bits per heavy atom. The third-order valence-electron chi connectivity index (χ3n) is 6.78. The van der Waals surface area contributed by atoms with Crippen molar-refractivity contribution in [1.29, 1.82) is 0 Å². The van der Waals surface area contributed by atoms with Crippen LogP contribution in [0, 0.1) is 12.7 Å². The zero-order valence-corrected chi connectivity index (χ0v) is 20.4. The van der Waals surface area contributed by atoms with Crippen molar-refractivity contribution >= 4 is 17.3 Å². The molecule has 1 aromatic carbocycles. The molecule has 5 heterocycles. The van der Waals surface area contributed by atoms with Gasteiger partial charge in [0.05, 0.1) is 0 Å². The van der Waals surface area contributed by atoms with Crippen molar-refractivity contribution in [2.75, 3.05) is 36.0 Å². The van der Waals surface area contributed by atoms with Gasteiger partial charge in [-0.15, -0.1) is 0 Å². The molecule has 1 atom stereocenters. The molecule has 5 aromatic rings. The number of nitrogens with zero attached hydrogens (tertiary/aromatic N) is 8. The average Bonchev–Trinajstić information content (AvgIpc) is 3.55. The number of hydrogen-bond acceptors (Lipinski definition) is 9. The zero-order valence-electron chi connectivity index (χ0n) is 20.4. The fourth-order valence-corrected chi connectivity index (χ4v) is 4.60. The smallest absolute Gasteiger partial charge is 0.225 e. The Morgan fingerprint density at radius 2 is 1.65 bits per heavy atom. The van der Waals surface area contributed by atoms with Crippen LogP contribution in [0.2, 0.25) is 0 Å². The van der Waals surface area contributed by atoms with Crippen molar-refractivity contribution < 1.29 is 14.0 Å². The average molecular weight is 501 g/mol. The number of aromatic nitrogens is 6. The van der Waals surface area contributed by atoms with E-state index in [1.54, 1.807) is 37.8 Å². The number of fused-ring (bicyclic) bond motifs is 1. The number of hydrogen-bond donors (Lipinski definition) is 1. The monoisotopic (exact) mass is 500 g/mol. The van der Waals surface area contributed by atoms with E-state index in [-0.39, 0.29) is 5.82 Å². The molecule has 0 amide bonds. The maximum atomic E-state index is 13.3. The second kappa shape index (κ2) is 8.93. The van der Waals surface area contributed by atoms with Crippen LogP contribution >= 0.6 is 0 Å². The first-order valence-corrected chi connectivity index (χ1v) is 12.0. The van der Waals surface area contributed by atoms with Crippen LogP contribution in [0.25, 0.3) is 16.8 Å². The second-order valence-electron chi connectivity index (χ2n) is 9.29. The number of rotatable bonds is 5. The molecule has 0 radical (unpaired) electrons. The lowest BCUT2D eigenvalue weighted by molar-refractivity contribution is 0.101. The second-order valence-corrected chi connectivity index (χ2v) is 9.29. The van der Waals surface area contributed by atoms with Crippen molar-refractivity contribution in [3.8, 4) is 11.3 Å². The van der Waals surface area contributed by atoms with Gasteiger partial charge in [0.2, 0.25) is 5.95 Å². The maximum absolute atomic E-state index is 13.3. The third-order valence-corrected chi connectivity index (χ3v) is 6.78. The molecule has 11 heteroatoms. The van der Waals surface area contributed by atoms with Crippen molar-refractivity contribution in [1.82, 2.24) is 29.7 Å². The minimum atomic E-state index is -1.33. The lowest BCUT2D eigenvalue weighted by Crippen LogP contribution is -2.47. The van der Waals surface area contributed by atoms with Crippen LogP contribution in [0.3, 0.4) is 0 Å². The Bertz CT molecular complexity index is 1540.